The molecule has 0 aliphatic rings. The average Bonchev–Trinajstić information content (AvgIpc) is 3.14. The minimum atomic E-state index is -0.0738. The van der Waals surface area contributed by atoms with Gasteiger partial charge in [0.05, 0.1) is 19.4 Å². The van der Waals surface area contributed by atoms with Crippen molar-refractivity contribution in [3.63, 3.8) is 0 Å². The highest BCUT2D eigenvalue weighted by Crippen LogP contribution is 2.27. The van der Waals surface area contributed by atoms with Crippen LogP contribution in [0.25, 0.3) is 11.3 Å². The standard InChI is InChI=1S/C20H19BrN2O3S/c1-25-17-5-2-3-6-18(17)26-12-4-7-19(24)23-20-22-16(13-27-20)14-8-10-15(21)11-9-14/h2-3,5-6,8-11,13H,4,7,12H2,1H3,(H,22,23,24). The molecular weight excluding hydrogens is 428 g/mol. The molecule has 0 saturated carbocycles. The zero-order valence-corrected chi connectivity index (χ0v) is 17.2. The molecule has 0 atom stereocenters. The third-order valence-corrected chi connectivity index (χ3v) is 5.05. The molecule has 5 nitrogen and oxygen atoms in total. The zero-order valence-electron chi connectivity index (χ0n) is 14.8. The van der Waals surface area contributed by atoms with Crippen LogP contribution in [0.2, 0.25) is 0 Å². The van der Waals surface area contributed by atoms with E-state index in [0.29, 0.717) is 36.1 Å². The predicted octanol–water partition coefficient (Wildman–Crippen LogP) is 5.38. The van der Waals surface area contributed by atoms with Crippen LogP contribution < -0.4 is 14.8 Å². The first kappa shape index (κ1) is 19.4. The maximum atomic E-state index is 12.1. The van der Waals surface area contributed by atoms with Crippen molar-refractivity contribution in [2.75, 3.05) is 19.0 Å². The molecule has 0 aliphatic heterocycles. The van der Waals surface area contributed by atoms with Gasteiger partial charge in [-0.1, -0.05) is 40.2 Å². The van der Waals surface area contributed by atoms with Gasteiger partial charge in [-0.2, -0.15) is 0 Å². The Morgan fingerprint density at radius 2 is 1.89 bits per heavy atom. The number of amides is 1. The highest BCUT2D eigenvalue weighted by molar-refractivity contribution is 9.10. The van der Waals surface area contributed by atoms with Crippen LogP contribution in [0.4, 0.5) is 5.13 Å². The van der Waals surface area contributed by atoms with Crippen molar-refractivity contribution in [1.29, 1.82) is 0 Å². The largest absolute Gasteiger partial charge is 0.493 e. The molecule has 0 bridgehead atoms. The van der Waals surface area contributed by atoms with Crippen LogP contribution in [-0.4, -0.2) is 24.6 Å². The summed E-state index contributed by atoms with van der Waals surface area (Å²) in [5.41, 5.74) is 1.86. The molecule has 7 heteroatoms. The highest BCUT2D eigenvalue weighted by atomic mass is 79.9. The molecule has 1 aromatic heterocycles. The third-order valence-electron chi connectivity index (χ3n) is 3.77. The molecule has 3 aromatic rings. The molecule has 140 valence electrons. The predicted molar refractivity (Wildman–Crippen MR) is 112 cm³/mol. The van der Waals surface area contributed by atoms with Crippen LogP contribution in [-0.2, 0) is 4.79 Å². The summed E-state index contributed by atoms with van der Waals surface area (Å²) in [6.45, 7) is 0.440. The van der Waals surface area contributed by atoms with Gasteiger partial charge in [0.2, 0.25) is 5.91 Å². The molecule has 1 heterocycles. The van der Waals surface area contributed by atoms with E-state index >= 15 is 0 Å². The van der Waals surface area contributed by atoms with Crippen LogP contribution in [0.15, 0.2) is 58.4 Å². The Hall–Kier alpha value is -2.38. The molecular formula is C20H19BrN2O3S. The summed E-state index contributed by atoms with van der Waals surface area (Å²) in [7, 11) is 1.60. The summed E-state index contributed by atoms with van der Waals surface area (Å²) < 4.78 is 11.9. The minimum absolute atomic E-state index is 0.0738. The van der Waals surface area contributed by atoms with Gasteiger partial charge in [-0.05, 0) is 30.7 Å². The summed E-state index contributed by atoms with van der Waals surface area (Å²) >= 11 is 4.83. The van der Waals surface area contributed by atoms with Gasteiger partial charge < -0.3 is 14.8 Å². The molecule has 0 aliphatic carbocycles. The lowest BCUT2D eigenvalue weighted by molar-refractivity contribution is -0.116. The fraction of sp³-hybridized carbons (Fsp3) is 0.200. The second kappa shape index (κ2) is 9.53. The van der Waals surface area contributed by atoms with E-state index in [1.165, 1.54) is 11.3 Å². The lowest BCUT2D eigenvalue weighted by atomic mass is 10.2. The normalized spacial score (nSPS) is 10.4. The quantitative estimate of drug-likeness (QED) is 0.471. The number of ether oxygens (including phenoxy) is 2. The van der Waals surface area contributed by atoms with Gasteiger partial charge in [-0.3, -0.25) is 4.79 Å². The SMILES string of the molecule is COc1ccccc1OCCCC(=O)Nc1nc(-c2ccc(Br)cc2)cs1. The highest BCUT2D eigenvalue weighted by Gasteiger charge is 2.09. The topological polar surface area (TPSA) is 60.5 Å². The van der Waals surface area contributed by atoms with Gasteiger partial charge in [-0.25, -0.2) is 4.98 Å². The number of nitrogens with zero attached hydrogens (tertiary/aromatic N) is 1. The first-order valence-corrected chi connectivity index (χ1v) is 10.1. The average molecular weight is 447 g/mol. The number of thiazole rings is 1. The number of aromatic nitrogens is 1. The van der Waals surface area contributed by atoms with E-state index in [1.54, 1.807) is 7.11 Å². The van der Waals surface area contributed by atoms with Gasteiger partial charge in [0.15, 0.2) is 16.6 Å². The number of nitrogens with one attached hydrogen (secondary N) is 1. The van der Waals surface area contributed by atoms with Crippen molar-refractivity contribution in [3.8, 4) is 22.8 Å². The van der Waals surface area contributed by atoms with Gasteiger partial charge >= 0.3 is 0 Å². The smallest absolute Gasteiger partial charge is 0.226 e. The van der Waals surface area contributed by atoms with Gasteiger partial charge in [0, 0.05) is 21.8 Å². The number of anilines is 1. The lowest BCUT2D eigenvalue weighted by Gasteiger charge is -2.09. The number of benzene rings is 2. The Labute approximate surface area is 170 Å². The summed E-state index contributed by atoms with van der Waals surface area (Å²) in [6, 6.07) is 15.4. The molecule has 1 N–H and O–H groups in total. The minimum Gasteiger partial charge on any atom is -0.493 e. The van der Waals surface area contributed by atoms with Gasteiger partial charge in [0.25, 0.3) is 0 Å². The zero-order chi connectivity index (χ0) is 19.1. The number of carbonyl (C=O) groups excluding carboxylic acids is 1. The first-order valence-electron chi connectivity index (χ1n) is 8.43. The van der Waals surface area contributed by atoms with E-state index < -0.39 is 0 Å². The number of halogens is 1. The second-order valence-electron chi connectivity index (χ2n) is 5.70. The molecule has 3 rings (SSSR count). The van der Waals surface area contributed by atoms with Crippen molar-refractivity contribution in [2.24, 2.45) is 0 Å². The van der Waals surface area contributed by atoms with Crippen LogP contribution in [0.3, 0.4) is 0 Å². The Bertz CT molecular complexity index is 896. The summed E-state index contributed by atoms with van der Waals surface area (Å²) in [5, 5.41) is 5.38. The van der Waals surface area contributed by atoms with E-state index in [4.69, 9.17) is 9.47 Å². The lowest BCUT2D eigenvalue weighted by Crippen LogP contribution is -2.12. The van der Waals surface area contributed by atoms with E-state index in [9.17, 15) is 4.79 Å². The van der Waals surface area contributed by atoms with Crippen LogP contribution in [0.5, 0.6) is 11.5 Å². The Balaban J connectivity index is 1.45. The Morgan fingerprint density at radius 3 is 2.63 bits per heavy atom. The fourth-order valence-corrected chi connectivity index (χ4v) is 3.42. The molecule has 0 fully saturated rings. The fourth-order valence-electron chi connectivity index (χ4n) is 2.42. The van der Waals surface area contributed by atoms with E-state index in [0.717, 1.165) is 15.7 Å². The van der Waals surface area contributed by atoms with E-state index in [2.05, 4.69) is 26.2 Å². The molecule has 0 spiro atoms. The van der Waals surface area contributed by atoms with Gasteiger partial charge in [0.1, 0.15) is 0 Å². The monoisotopic (exact) mass is 446 g/mol. The molecule has 0 saturated heterocycles. The maximum Gasteiger partial charge on any atom is 0.226 e. The third kappa shape index (κ3) is 5.55. The Kier molecular flexibility index (Phi) is 6.84. The van der Waals surface area contributed by atoms with Crippen LogP contribution in [0.1, 0.15) is 12.8 Å². The van der Waals surface area contributed by atoms with Crippen LogP contribution >= 0.6 is 27.3 Å². The number of hydrogen-bond donors (Lipinski definition) is 1. The van der Waals surface area contributed by atoms with Crippen molar-refractivity contribution < 1.29 is 14.3 Å². The van der Waals surface area contributed by atoms with Crippen molar-refractivity contribution in [3.05, 3.63) is 58.4 Å². The molecule has 27 heavy (non-hydrogen) atoms. The number of rotatable bonds is 8. The van der Waals surface area contributed by atoms with E-state index in [-0.39, 0.29) is 5.91 Å². The summed E-state index contributed by atoms with van der Waals surface area (Å²) in [5.74, 6) is 1.29. The second-order valence-corrected chi connectivity index (χ2v) is 7.47. The number of hydrogen-bond acceptors (Lipinski definition) is 5. The first-order chi connectivity index (χ1) is 13.2. The van der Waals surface area contributed by atoms with E-state index in [1.807, 2.05) is 53.9 Å². The summed E-state index contributed by atoms with van der Waals surface area (Å²) in [6.07, 6.45) is 0.969. The number of methoxy groups -OCH3 is 1. The maximum absolute atomic E-state index is 12.1. The molecule has 0 radical (unpaired) electrons. The summed E-state index contributed by atoms with van der Waals surface area (Å²) in [4.78, 5) is 16.6. The van der Waals surface area contributed by atoms with Crippen molar-refractivity contribution in [2.45, 2.75) is 12.8 Å². The number of carbonyl (C=O) groups is 1. The van der Waals surface area contributed by atoms with Crippen molar-refractivity contribution in [1.82, 2.24) is 4.98 Å². The molecule has 1 amide bonds. The molecule has 2 aromatic carbocycles. The molecule has 0 unspecified atom stereocenters. The number of para-hydroxylation sites is 2. The Morgan fingerprint density at radius 1 is 1.15 bits per heavy atom. The van der Waals surface area contributed by atoms with Crippen LogP contribution in [0, 0.1) is 0 Å². The van der Waals surface area contributed by atoms with Gasteiger partial charge in [-0.15, -0.1) is 11.3 Å². The van der Waals surface area contributed by atoms with Crippen molar-refractivity contribution >= 4 is 38.3 Å².